The Morgan fingerprint density at radius 1 is 1.24 bits per heavy atom. The fourth-order valence-corrected chi connectivity index (χ4v) is 6.63. The second kappa shape index (κ2) is 7.14. The molecular formula is C26H30N6O. The van der Waals surface area contributed by atoms with Crippen molar-refractivity contribution < 1.29 is 4.79 Å². The van der Waals surface area contributed by atoms with E-state index in [1.807, 2.05) is 24.9 Å². The zero-order chi connectivity index (χ0) is 22.8. The molecular weight excluding hydrogens is 412 g/mol. The van der Waals surface area contributed by atoms with E-state index in [2.05, 4.69) is 63.3 Å². The van der Waals surface area contributed by atoms with Crippen molar-refractivity contribution in [2.45, 2.75) is 69.5 Å². The van der Waals surface area contributed by atoms with Gasteiger partial charge in [0.15, 0.2) is 6.17 Å². The number of carbonyl (C=O) groups is 1. The van der Waals surface area contributed by atoms with Crippen LogP contribution in [0.25, 0.3) is 11.1 Å². The molecule has 1 saturated carbocycles. The lowest BCUT2D eigenvalue weighted by atomic mass is 9.61. The second-order valence-electron chi connectivity index (χ2n) is 9.98. The zero-order valence-electron chi connectivity index (χ0n) is 19.5. The Kier molecular flexibility index (Phi) is 4.41. The van der Waals surface area contributed by atoms with Crippen molar-refractivity contribution in [1.82, 2.24) is 20.4 Å². The summed E-state index contributed by atoms with van der Waals surface area (Å²) in [6, 6.07) is 8.59. The van der Waals surface area contributed by atoms with Crippen molar-refractivity contribution in [2.24, 2.45) is 17.3 Å². The van der Waals surface area contributed by atoms with Crippen molar-refractivity contribution >= 4 is 5.91 Å². The molecule has 1 spiro atoms. The van der Waals surface area contributed by atoms with E-state index in [1.54, 1.807) is 0 Å². The summed E-state index contributed by atoms with van der Waals surface area (Å²) in [6.45, 7) is 4.20. The first-order chi connectivity index (χ1) is 16.0. The molecule has 170 valence electrons. The van der Waals surface area contributed by atoms with Crippen molar-refractivity contribution in [3.8, 4) is 11.1 Å². The predicted molar refractivity (Wildman–Crippen MR) is 126 cm³/mol. The average molecular weight is 443 g/mol. The summed E-state index contributed by atoms with van der Waals surface area (Å²) in [6.07, 6.45) is 9.73. The van der Waals surface area contributed by atoms with Gasteiger partial charge in [0.1, 0.15) is 0 Å². The van der Waals surface area contributed by atoms with Crippen LogP contribution in [0.5, 0.6) is 0 Å². The average Bonchev–Trinajstić information content (AvgIpc) is 3.53. The number of aryl methyl sites for hydroxylation is 2. The minimum atomic E-state index is -0.564. The number of benzene rings is 1. The Bertz CT molecular complexity index is 1250. The topological polar surface area (TPSA) is 83.7 Å². The van der Waals surface area contributed by atoms with Gasteiger partial charge in [0, 0.05) is 42.0 Å². The number of aromatic nitrogens is 2. The third-order valence-electron chi connectivity index (χ3n) is 8.10. The van der Waals surface area contributed by atoms with Gasteiger partial charge in [0.2, 0.25) is 0 Å². The first kappa shape index (κ1) is 20.4. The van der Waals surface area contributed by atoms with Gasteiger partial charge >= 0.3 is 0 Å². The standard InChI is InChI=1S/C26H30N6O/c1-4-26(18-9-7-8-17(12-18)19-15-32(3)31-16(19)2)20-14-27-30-23(20)28-21-13-25(10-5-6-11-25)29-24(33)22(21)26/h7-9,12,14-15,23,28H,4-6,10-11,13H2,1-3H3,(H,29,33)/t23?,26-/m0/s1. The lowest BCUT2D eigenvalue weighted by Crippen LogP contribution is -2.59. The Labute approximate surface area is 194 Å². The van der Waals surface area contributed by atoms with Gasteiger partial charge in [-0.05, 0) is 43.4 Å². The summed E-state index contributed by atoms with van der Waals surface area (Å²) in [7, 11) is 1.94. The molecule has 0 saturated heterocycles. The number of rotatable bonds is 3. The second-order valence-corrected chi connectivity index (χ2v) is 9.98. The van der Waals surface area contributed by atoms with Crippen LogP contribution in [0.1, 0.15) is 56.7 Å². The van der Waals surface area contributed by atoms with Crippen molar-refractivity contribution in [1.29, 1.82) is 0 Å². The number of nitrogens with one attached hydrogen (secondary N) is 2. The van der Waals surface area contributed by atoms with E-state index in [0.717, 1.165) is 64.9 Å². The van der Waals surface area contributed by atoms with Crippen LogP contribution >= 0.6 is 0 Å². The molecule has 4 heterocycles. The van der Waals surface area contributed by atoms with E-state index in [-0.39, 0.29) is 17.6 Å². The van der Waals surface area contributed by atoms with E-state index in [4.69, 9.17) is 0 Å². The molecule has 1 aromatic carbocycles. The highest BCUT2D eigenvalue weighted by Gasteiger charge is 2.54. The van der Waals surface area contributed by atoms with Crippen molar-refractivity contribution in [3.63, 3.8) is 0 Å². The molecule has 7 heteroatoms. The summed E-state index contributed by atoms with van der Waals surface area (Å²) >= 11 is 0. The number of carbonyl (C=O) groups excluding carboxylic acids is 1. The summed E-state index contributed by atoms with van der Waals surface area (Å²) in [4.78, 5) is 13.8. The lowest BCUT2D eigenvalue weighted by Gasteiger charge is -2.49. The van der Waals surface area contributed by atoms with Crippen LogP contribution < -0.4 is 10.6 Å². The first-order valence-corrected chi connectivity index (χ1v) is 12.0. The number of azo groups is 1. The Morgan fingerprint density at radius 3 is 2.79 bits per heavy atom. The molecule has 1 unspecified atom stereocenters. The lowest BCUT2D eigenvalue weighted by molar-refractivity contribution is -0.121. The number of nitrogens with zero attached hydrogens (tertiary/aromatic N) is 4. The molecule has 7 nitrogen and oxygen atoms in total. The fraction of sp³-hybridized carbons (Fsp3) is 0.462. The summed E-state index contributed by atoms with van der Waals surface area (Å²) < 4.78 is 1.85. The molecule has 1 aliphatic carbocycles. The minimum absolute atomic E-state index is 0.0571. The monoisotopic (exact) mass is 442 g/mol. The molecule has 0 bridgehead atoms. The number of hydrogen-bond acceptors (Lipinski definition) is 5. The zero-order valence-corrected chi connectivity index (χ0v) is 19.5. The predicted octanol–water partition coefficient (Wildman–Crippen LogP) is 4.41. The van der Waals surface area contributed by atoms with Crippen LogP contribution in [0.15, 0.2) is 63.7 Å². The van der Waals surface area contributed by atoms with Crippen LogP contribution in [-0.4, -0.2) is 27.4 Å². The molecule has 33 heavy (non-hydrogen) atoms. The number of fused-ring (bicyclic) bond motifs is 1. The molecule has 2 aromatic rings. The van der Waals surface area contributed by atoms with Crippen LogP contribution in [0.3, 0.4) is 0 Å². The molecule has 6 rings (SSSR count). The SMILES string of the molecule is CC[C@]1(c2cccc(-c3cn(C)nc3C)c2)C2=CN=NC2NC2=C1C(=O)NC1(CCCC1)C2. The maximum Gasteiger partial charge on any atom is 0.250 e. The van der Waals surface area contributed by atoms with Crippen LogP contribution in [-0.2, 0) is 17.3 Å². The highest BCUT2D eigenvalue weighted by atomic mass is 16.2. The van der Waals surface area contributed by atoms with E-state index in [1.165, 1.54) is 12.8 Å². The molecule has 1 amide bonds. The first-order valence-electron chi connectivity index (χ1n) is 12.0. The maximum atomic E-state index is 13.8. The fourth-order valence-electron chi connectivity index (χ4n) is 6.63. The maximum absolute atomic E-state index is 13.8. The van der Waals surface area contributed by atoms with Crippen LogP contribution in [0, 0.1) is 6.92 Å². The molecule has 4 aliphatic rings. The Morgan fingerprint density at radius 2 is 2.06 bits per heavy atom. The van der Waals surface area contributed by atoms with Crippen molar-refractivity contribution in [3.05, 3.63) is 64.8 Å². The van der Waals surface area contributed by atoms with Gasteiger partial charge in [0.05, 0.1) is 22.9 Å². The van der Waals surface area contributed by atoms with Gasteiger partial charge in [-0.3, -0.25) is 9.48 Å². The Balaban J connectivity index is 1.55. The molecule has 1 aromatic heterocycles. The highest BCUT2D eigenvalue weighted by Crippen LogP contribution is 2.53. The van der Waals surface area contributed by atoms with Gasteiger partial charge in [-0.25, -0.2) is 0 Å². The van der Waals surface area contributed by atoms with E-state index >= 15 is 0 Å². The van der Waals surface area contributed by atoms with Gasteiger partial charge < -0.3 is 10.6 Å². The summed E-state index contributed by atoms with van der Waals surface area (Å²) in [5, 5.41) is 20.4. The van der Waals surface area contributed by atoms with Crippen LogP contribution in [0.4, 0.5) is 0 Å². The molecule has 1 fully saturated rings. The van der Waals surface area contributed by atoms with Gasteiger partial charge in [-0.1, -0.05) is 38.0 Å². The largest absolute Gasteiger partial charge is 0.362 e. The summed E-state index contributed by atoms with van der Waals surface area (Å²) in [5.74, 6) is 0.0571. The van der Waals surface area contributed by atoms with Crippen LogP contribution in [0.2, 0.25) is 0 Å². The Hall–Kier alpha value is -3.22. The van der Waals surface area contributed by atoms with E-state index in [0.29, 0.717) is 0 Å². The normalized spacial score (nSPS) is 27.3. The smallest absolute Gasteiger partial charge is 0.250 e. The third kappa shape index (κ3) is 2.87. The number of hydrogen-bond donors (Lipinski definition) is 2. The quantitative estimate of drug-likeness (QED) is 0.739. The molecule has 2 atom stereocenters. The van der Waals surface area contributed by atoms with Gasteiger partial charge in [-0.15, -0.1) is 0 Å². The van der Waals surface area contributed by atoms with Gasteiger partial charge in [-0.2, -0.15) is 15.3 Å². The van der Waals surface area contributed by atoms with E-state index < -0.39 is 5.41 Å². The molecule has 2 N–H and O–H groups in total. The highest BCUT2D eigenvalue weighted by molar-refractivity contribution is 6.00. The number of amides is 1. The molecule has 3 aliphatic heterocycles. The minimum Gasteiger partial charge on any atom is -0.362 e. The van der Waals surface area contributed by atoms with Gasteiger partial charge in [0.25, 0.3) is 5.91 Å². The molecule has 0 radical (unpaired) electrons. The summed E-state index contributed by atoms with van der Waals surface area (Å²) in [5.41, 5.74) is 6.59. The third-order valence-corrected chi connectivity index (χ3v) is 8.10. The van der Waals surface area contributed by atoms with Crippen molar-refractivity contribution in [2.75, 3.05) is 0 Å². The van der Waals surface area contributed by atoms with E-state index in [9.17, 15) is 4.79 Å².